The summed E-state index contributed by atoms with van der Waals surface area (Å²) in [5, 5.41) is 36.3. The number of amides is 10. The molecule has 2 aliphatic rings. The molecular weight excluding hydrogens is 955 g/mol. The lowest BCUT2D eigenvalue weighted by Gasteiger charge is -2.21. The van der Waals surface area contributed by atoms with Crippen LogP contribution in [0.1, 0.15) is 60.7 Å². The fourth-order valence-electron chi connectivity index (χ4n) is 5.95. The average Bonchev–Trinajstić information content (AvgIpc) is 3.56. The van der Waals surface area contributed by atoms with Crippen molar-refractivity contribution in [2.24, 2.45) is 0 Å². The number of aliphatic hydroxyl groups is 2. The van der Waals surface area contributed by atoms with Gasteiger partial charge in [-0.05, 0) is 38.5 Å². The summed E-state index contributed by atoms with van der Waals surface area (Å²) in [6.07, 6.45) is -0.274. The minimum Gasteiger partial charge on any atom is -0.396 e. The summed E-state index contributed by atoms with van der Waals surface area (Å²) in [6, 6.07) is 2.26. The third-order valence-corrected chi connectivity index (χ3v) is 13.0. The summed E-state index contributed by atoms with van der Waals surface area (Å²) in [7, 11) is 0. The largest absolute Gasteiger partial charge is 0.396 e. The van der Waals surface area contributed by atoms with E-state index in [-0.39, 0.29) is 88.7 Å². The highest BCUT2D eigenvalue weighted by molar-refractivity contribution is 8.08. The quantitative estimate of drug-likeness (QED) is 0.0364. The summed E-state index contributed by atoms with van der Waals surface area (Å²) in [4.78, 5) is 163. The molecule has 1 fully saturated rings. The molecule has 0 bridgehead atoms. The highest BCUT2D eigenvalue weighted by atomic mass is 32.2. The number of aliphatic hydroxyl groups excluding tert-OH is 2. The van der Waals surface area contributed by atoms with Crippen molar-refractivity contribution in [2.45, 2.75) is 57.4 Å². The number of likely N-dealkylation sites (tertiary alicyclic amines) is 1. The number of carbonyl (C=O) groups is 13. The molecule has 1 aromatic rings. The van der Waals surface area contributed by atoms with Gasteiger partial charge in [-0.15, -0.1) is 35.3 Å². The highest BCUT2D eigenvalue weighted by Crippen LogP contribution is 2.39. The van der Waals surface area contributed by atoms with Crippen LogP contribution in [0.2, 0.25) is 0 Å². The zero-order valence-electron chi connectivity index (χ0n) is 37.2. The molecule has 68 heavy (non-hydrogen) atoms. The summed E-state index contributed by atoms with van der Waals surface area (Å²) in [5.41, 5.74) is 0.420. The third-order valence-electron chi connectivity index (χ3n) is 9.43. The lowest BCUT2D eigenvalue weighted by atomic mass is 9.94. The molecule has 1 saturated heterocycles. The zero-order chi connectivity index (χ0) is 50.5. The molecular formula is C41H53N9O15S3. The Labute approximate surface area is 402 Å². The van der Waals surface area contributed by atoms with Crippen molar-refractivity contribution in [3.05, 3.63) is 39.1 Å². The summed E-state index contributed by atoms with van der Waals surface area (Å²) >= 11 is 2.98. The van der Waals surface area contributed by atoms with Crippen LogP contribution < -0.4 is 42.5 Å². The van der Waals surface area contributed by atoms with Crippen molar-refractivity contribution < 1.29 is 72.5 Å². The van der Waals surface area contributed by atoms with Crippen LogP contribution in [-0.2, 0) is 52.7 Å². The molecule has 1 heterocycles. The molecule has 3 atom stereocenters. The minimum atomic E-state index is -1.24. The number of hydrogen-bond donors (Lipinski definition) is 10. The summed E-state index contributed by atoms with van der Waals surface area (Å²) < 4.78 is 0. The second-order valence-corrected chi connectivity index (χ2v) is 18.2. The molecule has 24 nitrogen and oxygen atoms in total. The van der Waals surface area contributed by atoms with Gasteiger partial charge in [-0.1, -0.05) is 0 Å². The maximum absolute atomic E-state index is 13.4. The number of nitrogens with zero attached hydrogens (tertiary/aromatic N) is 1. The number of allylic oxidation sites excluding steroid dienone is 2. The van der Waals surface area contributed by atoms with Gasteiger partial charge in [0.1, 0.15) is 6.04 Å². The molecule has 1 aromatic carbocycles. The fourth-order valence-corrected chi connectivity index (χ4v) is 9.01. The van der Waals surface area contributed by atoms with E-state index in [1.807, 2.05) is 0 Å². The van der Waals surface area contributed by atoms with E-state index < -0.39 is 121 Å². The number of thioether (sulfide) groups is 3. The van der Waals surface area contributed by atoms with E-state index in [1.165, 1.54) is 32.0 Å². The van der Waals surface area contributed by atoms with E-state index >= 15 is 0 Å². The second-order valence-electron chi connectivity index (χ2n) is 14.8. The number of carbonyl (C=O) groups excluding carboxylic acids is 13. The van der Waals surface area contributed by atoms with Crippen LogP contribution in [0.15, 0.2) is 28.0 Å². The monoisotopic (exact) mass is 1010 g/mol. The smallest absolute Gasteiger partial charge is 0.243 e. The summed E-state index contributed by atoms with van der Waals surface area (Å²) in [6.45, 7) is 0.597. The number of anilines is 1. The number of ketones is 3. The second kappa shape index (κ2) is 28.2. The van der Waals surface area contributed by atoms with E-state index in [0.29, 0.717) is 0 Å². The van der Waals surface area contributed by atoms with E-state index in [4.69, 9.17) is 0 Å². The first-order valence-electron chi connectivity index (χ1n) is 20.9. The maximum atomic E-state index is 13.4. The number of hydrogen-bond acceptors (Lipinski definition) is 18. The Morgan fingerprint density at radius 2 is 1.21 bits per heavy atom. The predicted octanol–water partition coefficient (Wildman–Crippen LogP) is -3.51. The number of nitrogens with one attached hydrogen (secondary N) is 8. The molecule has 3 unspecified atom stereocenters. The Bertz CT molecular complexity index is 2210. The molecule has 0 radical (unpaired) electrons. The van der Waals surface area contributed by atoms with Crippen LogP contribution in [0.5, 0.6) is 0 Å². The van der Waals surface area contributed by atoms with Gasteiger partial charge in [0.25, 0.3) is 0 Å². The third kappa shape index (κ3) is 18.1. The molecule has 1 aliphatic heterocycles. The molecule has 0 saturated carbocycles. The van der Waals surface area contributed by atoms with Crippen LogP contribution in [0.4, 0.5) is 5.69 Å². The predicted molar refractivity (Wildman–Crippen MR) is 248 cm³/mol. The molecule has 370 valence electrons. The van der Waals surface area contributed by atoms with Gasteiger partial charge < -0.3 is 52.7 Å². The zero-order valence-corrected chi connectivity index (χ0v) is 39.7. The normalized spacial score (nSPS) is 15.1. The van der Waals surface area contributed by atoms with Gasteiger partial charge in [0.15, 0.2) is 5.78 Å². The lowest BCUT2D eigenvalue weighted by molar-refractivity contribution is -0.138. The average molecular weight is 1010 g/mol. The van der Waals surface area contributed by atoms with Gasteiger partial charge in [-0.2, -0.15) is 0 Å². The molecule has 0 aromatic heterocycles. The standard InChI is InChI=1S/C41H53N9O15S3/c1-21(22(2)53)47-34(60)19-45-32(58)17-43-30(56)15-42-31(57)16-44-33(59)18-46-40(64)27(48-23(3)54)20-68-28-14-35(61)50(41(28)65)8-4-5-29(55)49-24-6-7-25-26(13-24)37(63)39(67-12-10-52)38(36(25)62)66-11-9-51/h6-7,13,21,27-28,51-52H,4-5,8-12,14-20H2,1-3H3,(H,42,57)(H,43,56)(H,44,59)(H,45,58)(H,46,64)(H,47,60)(H,48,54)(H,49,55). The van der Waals surface area contributed by atoms with Crippen molar-refractivity contribution in [2.75, 3.05) is 75.1 Å². The van der Waals surface area contributed by atoms with Crippen molar-refractivity contribution in [3.8, 4) is 0 Å². The SMILES string of the molecule is CC(=O)NC(CSC1CC(=O)N(CCCC(=O)Nc2ccc3c(c2)C(=O)C(SCCO)=C(SCCO)C3=O)C1=O)C(=O)NCC(=O)NCC(=O)NCC(=O)NCC(=O)NCC(=O)NC(C)C(C)=O. The molecule has 10 amide bonds. The molecule has 3 rings (SSSR count). The van der Waals surface area contributed by atoms with Crippen molar-refractivity contribution in [1.29, 1.82) is 0 Å². The number of rotatable bonds is 28. The van der Waals surface area contributed by atoms with Crippen molar-refractivity contribution in [1.82, 2.24) is 42.1 Å². The van der Waals surface area contributed by atoms with E-state index in [9.17, 15) is 72.5 Å². The van der Waals surface area contributed by atoms with Gasteiger partial charge in [-0.3, -0.25) is 67.2 Å². The Kier molecular flexibility index (Phi) is 23.3. The highest BCUT2D eigenvalue weighted by Gasteiger charge is 2.39. The first-order valence-corrected chi connectivity index (χ1v) is 23.9. The first kappa shape index (κ1) is 56.2. The first-order chi connectivity index (χ1) is 32.2. The minimum absolute atomic E-state index is 0.0649. The Morgan fingerprint density at radius 1 is 0.691 bits per heavy atom. The van der Waals surface area contributed by atoms with Crippen LogP contribution in [-0.4, -0.2) is 179 Å². The topological polar surface area (TPSA) is 362 Å². The van der Waals surface area contributed by atoms with Crippen molar-refractivity contribution >= 4 is 117 Å². The van der Waals surface area contributed by atoms with Crippen molar-refractivity contribution in [3.63, 3.8) is 0 Å². The van der Waals surface area contributed by atoms with Gasteiger partial charge in [0.05, 0.1) is 67.0 Å². The van der Waals surface area contributed by atoms with Crippen LogP contribution in [0, 0.1) is 0 Å². The molecule has 0 spiro atoms. The van der Waals surface area contributed by atoms with Gasteiger partial charge in [-0.25, -0.2) is 0 Å². The number of fused-ring (bicyclic) bond motifs is 1. The Morgan fingerprint density at radius 3 is 1.72 bits per heavy atom. The number of Topliss-reactive ketones (excluding diaryl/α,β-unsaturated/α-hetero) is 3. The van der Waals surface area contributed by atoms with E-state index in [1.54, 1.807) is 0 Å². The number of imide groups is 1. The van der Waals surface area contributed by atoms with E-state index in [2.05, 4.69) is 42.5 Å². The summed E-state index contributed by atoms with van der Waals surface area (Å²) in [5.74, 6) is -7.70. The fraction of sp³-hybridized carbons (Fsp3) is 0.488. The molecule has 27 heteroatoms. The van der Waals surface area contributed by atoms with Gasteiger partial charge >= 0.3 is 0 Å². The Balaban J connectivity index is 1.39. The maximum Gasteiger partial charge on any atom is 0.243 e. The number of benzene rings is 1. The van der Waals surface area contributed by atoms with Gasteiger partial charge in [0, 0.05) is 60.4 Å². The van der Waals surface area contributed by atoms with Crippen LogP contribution >= 0.6 is 35.3 Å². The van der Waals surface area contributed by atoms with Crippen LogP contribution in [0.3, 0.4) is 0 Å². The lowest BCUT2D eigenvalue weighted by Crippen LogP contribution is -2.51. The van der Waals surface area contributed by atoms with Crippen LogP contribution in [0.25, 0.3) is 0 Å². The van der Waals surface area contributed by atoms with E-state index in [0.717, 1.165) is 47.1 Å². The molecule has 1 aliphatic carbocycles. The van der Waals surface area contributed by atoms with Gasteiger partial charge in [0.2, 0.25) is 70.6 Å². The Hall–Kier alpha value is -6.16. The molecule has 10 N–H and O–H groups in total.